The molecular weight excluding hydrogens is 440 g/mol. The highest BCUT2D eigenvalue weighted by atomic mass is 127. The van der Waals surface area contributed by atoms with Gasteiger partial charge in [0.2, 0.25) is 0 Å². The van der Waals surface area contributed by atoms with Crippen molar-refractivity contribution in [2.45, 2.75) is 0 Å². The van der Waals surface area contributed by atoms with Gasteiger partial charge in [-0.05, 0) is 68.9 Å². The van der Waals surface area contributed by atoms with Gasteiger partial charge in [0.05, 0.1) is 0 Å². The van der Waals surface area contributed by atoms with E-state index < -0.39 is 0 Å². The number of para-hydroxylation sites is 1. The molecule has 0 spiro atoms. The second-order valence-electron chi connectivity index (χ2n) is 7.13. The van der Waals surface area contributed by atoms with Gasteiger partial charge in [-0.1, -0.05) is 66.7 Å². The predicted octanol–water partition coefficient (Wildman–Crippen LogP) is 5.20. The number of hydrogen-bond acceptors (Lipinski definition) is 1. The molecular formula is C24H15BIN. The fourth-order valence-corrected chi connectivity index (χ4v) is 5.15. The molecule has 0 aliphatic carbocycles. The van der Waals surface area contributed by atoms with E-state index in [4.69, 9.17) is 0 Å². The van der Waals surface area contributed by atoms with Gasteiger partial charge in [-0.15, -0.1) is 0 Å². The second-order valence-corrected chi connectivity index (χ2v) is 8.37. The second kappa shape index (κ2) is 5.73. The van der Waals surface area contributed by atoms with Gasteiger partial charge in [-0.3, -0.25) is 0 Å². The van der Waals surface area contributed by atoms with Crippen LogP contribution in [-0.2, 0) is 0 Å². The number of halogens is 1. The van der Waals surface area contributed by atoms with E-state index in [-0.39, 0.29) is 6.85 Å². The van der Waals surface area contributed by atoms with Crippen molar-refractivity contribution in [1.29, 1.82) is 0 Å². The van der Waals surface area contributed by atoms with Crippen LogP contribution >= 0.6 is 22.6 Å². The molecule has 2 heterocycles. The molecule has 0 amide bonds. The molecule has 2 aliphatic rings. The maximum atomic E-state index is 2.53. The molecule has 0 saturated carbocycles. The highest BCUT2D eigenvalue weighted by Gasteiger charge is 2.41. The van der Waals surface area contributed by atoms with Gasteiger partial charge in [-0.2, -0.15) is 0 Å². The van der Waals surface area contributed by atoms with Crippen LogP contribution in [0.1, 0.15) is 0 Å². The molecule has 0 saturated heterocycles. The van der Waals surface area contributed by atoms with Crippen molar-refractivity contribution in [3.63, 3.8) is 0 Å². The Bertz CT molecular complexity index is 1220. The lowest BCUT2D eigenvalue weighted by atomic mass is 9.43. The summed E-state index contributed by atoms with van der Waals surface area (Å²) < 4.78 is 1.27. The van der Waals surface area contributed by atoms with Gasteiger partial charge in [-0.25, -0.2) is 0 Å². The Labute approximate surface area is 172 Å². The van der Waals surface area contributed by atoms with Crippen LogP contribution in [0.4, 0.5) is 11.4 Å². The van der Waals surface area contributed by atoms with E-state index in [9.17, 15) is 0 Å². The SMILES string of the molecule is Ic1ccc2c(c1)-c1ccccc1B1c3ccccc3-c3ccccc3N12. The van der Waals surface area contributed by atoms with Crippen molar-refractivity contribution in [3.8, 4) is 22.3 Å². The Morgan fingerprint density at radius 3 is 1.85 bits per heavy atom. The first-order valence-electron chi connectivity index (χ1n) is 9.19. The first kappa shape index (κ1) is 15.5. The third-order valence-electron chi connectivity index (χ3n) is 5.73. The van der Waals surface area contributed by atoms with E-state index in [0.29, 0.717) is 0 Å². The van der Waals surface area contributed by atoms with Crippen LogP contribution < -0.4 is 15.7 Å². The van der Waals surface area contributed by atoms with Crippen molar-refractivity contribution < 1.29 is 0 Å². The smallest absolute Gasteiger partial charge is 0.329 e. The molecule has 4 aromatic carbocycles. The average Bonchev–Trinajstić information content (AvgIpc) is 2.73. The monoisotopic (exact) mass is 455 g/mol. The van der Waals surface area contributed by atoms with Gasteiger partial charge < -0.3 is 4.81 Å². The van der Waals surface area contributed by atoms with Crippen LogP contribution in [0.3, 0.4) is 0 Å². The van der Waals surface area contributed by atoms with Crippen LogP contribution in [-0.4, -0.2) is 6.85 Å². The molecule has 27 heavy (non-hydrogen) atoms. The van der Waals surface area contributed by atoms with Crippen LogP contribution in [0.2, 0.25) is 0 Å². The van der Waals surface area contributed by atoms with E-state index in [1.165, 1.54) is 48.1 Å². The lowest BCUT2D eigenvalue weighted by Gasteiger charge is -2.43. The molecule has 3 heteroatoms. The molecule has 0 unspecified atom stereocenters. The molecule has 0 fully saturated rings. The lowest BCUT2D eigenvalue weighted by molar-refractivity contribution is 1.34. The Morgan fingerprint density at radius 1 is 0.556 bits per heavy atom. The molecule has 2 aliphatic heterocycles. The average molecular weight is 455 g/mol. The lowest BCUT2D eigenvalue weighted by Crippen LogP contribution is -2.59. The van der Waals surface area contributed by atoms with E-state index >= 15 is 0 Å². The minimum absolute atomic E-state index is 0.208. The highest BCUT2D eigenvalue weighted by Crippen LogP contribution is 2.45. The third-order valence-corrected chi connectivity index (χ3v) is 6.40. The first-order valence-corrected chi connectivity index (χ1v) is 10.3. The molecule has 6 rings (SSSR count). The summed E-state index contributed by atoms with van der Waals surface area (Å²) in [6.07, 6.45) is 0. The summed E-state index contributed by atoms with van der Waals surface area (Å²) >= 11 is 2.41. The van der Waals surface area contributed by atoms with Crippen LogP contribution in [0.5, 0.6) is 0 Å². The Morgan fingerprint density at radius 2 is 1.11 bits per heavy atom. The summed E-state index contributed by atoms with van der Waals surface area (Å²) in [6, 6.07) is 33.4. The van der Waals surface area contributed by atoms with Gasteiger partial charge in [0.1, 0.15) is 0 Å². The third kappa shape index (κ3) is 2.12. The minimum atomic E-state index is 0.208. The number of anilines is 2. The summed E-state index contributed by atoms with van der Waals surface area (Å²) in [6.45, 7) is 0.208. The summed E-state index contributed by atoms with van der Waals surface area (Å²) in [5.74, 6) is 0. The molecule has 0 N–H and O–H groups in total. The van der Waals surface area contributed by atoms with Crippen molar-refractivity contribution >= 4 is 51.7 Å². The van der Waals surface area contributed by atoms with E-state index in [1.54, 1.807) is 0 Å². The normalized spacial score (nSPS) is 13.2. The number of hydrogen-bond donors (Lipinski definition) is 0. The zero-order valence-corrected chi connectivity index (χ0v) is 16.7. The number of nitrogens with zero attached hydrogens (tertiary/aromatic N) is 1. The van der Waals surface area contributed by atoms with Crippen molar-refractivity contribution in [2.24, 2.45) is 0 Å². The molecule has 0 aromatic heterocycles. The molecule has 4 aromatic rings. The topological polar surface area (TPSA) is 3.24 Å². The highest BCUT2D eigenvalue weighted by molar-refractivity contribution is 14.1. The van der Waals surface area contributed by atoms with E-state index in [2.05, 4.69) is 118 Å². The maximum Gasteiger partial charge on any atom is 0.329 e. The summed E-state index contributed by atoms with van der Waals surface area (Å²) in [5, 5.41) is 0. The van der Waals surface area contributed by atoms with Gasteiger partial charge >= 0.3 is 6.85 Å². The van der Waals surface area contributed by atoms with Crippen LogP contribution in [0.15, 0.2) is 91.0 Å². The standard InChI is InChI=1S/C24H15BIN/c26-16-13-14-24-20(15-16)18-8-2-5-11-22(18)25-21-10-4-1-7-17(21)19-9-3-6-12-23(19)27(24)25/h1-15H. The van der Waals surface area contributed by atoms with Crippen LogP contribution in [0, 0.1) is 3.57 Å². The van der Waals surface area contributed by atoms with E-state index in [0.717, 1.165) is 0 Å². The van der Waals surface area contributed by atoms with Crippen molar-refractivity contribution in [2.75, 3.05) is 4.81 Å². The first-order chi connectivity index (χ1) is 13.3. The Kier molecular flexibility index (Phi) is 3.30. The number of rotatable bonds is 0. The van der Waals surface area contributed by atoms with Gasteiger partial charge in [0.15, 0.2) is 0 Å². The zero-order chi connectivity index (χ0) is 18.0. The maximum absolute atomic E-state index is 2.53. The number of fused-ring (bicyclic) bond motifs is 11. The fraction of sp³-hybridized carbons (Fsp3) is 0. The Balaban J connectivity index is 1.77. The molecule has 126 valence electrons. The zero-order valence-electron chi connectivity index (χ0n) is 14.6. The number of benzene rings is 4. The van der Waals surface area contributed by atoms with Gasteiger partial charge in [0.25, 0.3) is 0 Å². The minimum Gasteiger partial charge on any atom is -0.376 e. The van der Waals surface area contributed by atoms with Crippen molar-refractivity contribution in [1.82, 2.24) is 0 Å². The molecule has 0 radical (unpaired) electrons. The predicted molar refractivity (Wildman–Crippen MR) is 124 cm³/mol. The van der Waals surface area contributed by atoms with Gasteiger partial charge in [0, 0.05) is 26.1 Å². The van der Waals surface area contributed by atoms with Crippen molar-refractivity contribution in [3.05, 3.63) is 94.6 Å². The molecule has 1 nitrogen and oxygen atoms in total. The summed E-state index contributed by atoms with van der Waals surface area (Å²) in [7, 11) is 0. The quantitative estimate of drug-likeness (QED) is 0.261. The molecule has 0 atom stereocenters. The van der Waals surface area contributed by atoms with E-state index in [1.807, 2.05) is 0 Å². The largest absolute Gasteiger partial charge is 0.376 e. The summed E-state index contributed by atoms with van der Waals surface area (Å²) in [4.78, 5) is 2.53. The Hall–Kier alpha value is -2.53. The molecule has 0 bridgehead atoms. The van der Waals surface area contributed by atoms with Crippen LogP contribution in [0.25, 0.3) is 22.3 Å². The summed E-state index contributed by atoms with van der Waals surface area (Å²) in [5.41, 5.74) is 10.7. The fourth-order valence-electron chi connectivity index (χ4n) is 4.66.